The van der Waals surface area contributed by atoms with Crippen LogP contribution in [0.5, 0.6) is 5.75 Å². The maximum atomic E-state index is 13.8. The predicted octanol–water partition coefficient (Wildman–Crippen LogP) is 5.24. The molecule has 146 valence electrons. The van der Waals surface area contributed by atoms with Crippen LogP contribution in [0.2, 0.25) is 0 Å². The normalized spacial score (nSPS) is 10.8. The second kappa shape index (κ2) is 9.07. The van der Waals surface area contributed by atoms with Crippen LogP contribution in [0.4, 0.5) is 24.7 Å². The minimum atomic E-state index is -2.95. The van der Waals surface area contributed by atoms with Gasteiger partial charge in [0, 0.05) is 11.8 Å². The molecule has 10 heteroatoms. The molecular weight excluding hydrogens is 457 g/mol. The summed E-state index contributed by atoms with van der Waals surface area (Å²) in [6, 6.07) is 12.6. The van der Waals surface area contributed by atoms with Crippen LogP contribution in [0.25, 0.3) is 0 Å². The molecule has 2 N–H and O–H groups in total. The zero-order chi connectivity index (χ0) is 20.1. The molecule has 28 heavy (non-hydrogen) atoms. The monoisotopic (exact) mass is 470 g/mol. The van der Waals surface area contributed by atoms with Crippen molar-refractivity contribution in [1.29, 1.82) is 0 Å². The van der Waals surface area contributed by atoms with Crippen molar-refractivity contribution in [1.82, 2.24) is 9.78 Å². The minimum absolute atomic E-state index is 0.0363. The van der Waals surface area contributed by atoms with Crippen LogP contribution >= 0.6 is 28.1 Å². The third-order valence-electron chi connectivity index (χ3n) is 3.59. The molecule has 0 saturated heterocycles. The third kappa shape index (κ3) is 5.23. The molecule has 0 radical (unpaired) electrons. The summed E-state index contributed by atoms with van der Waals surface area (Å²) in [5.41, 5.74) is 0.769. The van der Waals surface area contributed by atoms with E-state index < -0.39 is 6.61 Å². The van der Waals surface area contributed by atoms with Crippen molar-refractivity contribution in [2.45, 2.75) is 13.2 Å². The fraction of sp³-hybridized carbons (Fsp3) is 0.111. The average molecular weight is 471 g/mol. The summed E-state index contributed by atoms with van der Waals surface area (Å²) < 4.78 is 45.4. The molecule has 0 atom stereocenters. The van der Waals surface area contributed by atoms with Crippen LogP contribution < -0.4 is 15.4 Å². The molecule has 0 saturated carbocycles. The Morgan fingerprint density at radius 2 is 1.86 bits per heavy atom. The van der Waals surface area contributed by atoms with Gasteiger partial charge in [-0.2, -0.15) is 13.9 Å². The van der Waals surface area contributed by atoms with Gasteiger partial charge in [0.15, 0.2) is 10.9 Å². The minimum Gasteiger partial charge on any atom is -0.433 e. The molecule has 2 aromatic carbocycles. The van der Waals surface area contributed by atoms with Crippen molar-refractivity contribution in [2.24, 2.45) is 0 Å². The molecule has 0 aliphatic carbocycles. The quantitative estimate of drug-likeness (QED) is 0.482. The molecule has 5 nitrogen and oxygen atoms in total. The first-order valence-electron chi connectivity index (χ1n) is 8.00. The van der Waals surface area contributed by atoms with Crippen LogP contribution in [0.3, 0.4) is 0 Å². The smallest absolute Gasteiger partial charge is 0.387 e. The molecule has 0 fully saturated rings. The second-order valence-electron chi connectivity index (χ2n) is 5.57. The highest BCUT2D eigenvalue weighted by Gasteiger charge is 2.13. The van der Waals surface area contributed by atoms with Gasteiger partial charge in [0.1, 0.15) is 11.6 Å². The fourth-order valence-corrected chi connectivity index (χ4v) is 3.02. The van der Waals surface area contributed by atoms with Crippen molar-refractivity contribution >= 4 is 44.8 Å². The largest absolute Gasteiger partial charge is 0.433 e. The summed E-state index contributed by atoms with van der Waals surface area (Å²) in [5, 5.41) is 10.1. The fourth-order valence-electron chi connectivity index (χ4n) is 2.39. The average Bonchev–Trinajstić information content (AvgIpc) is 2.97. The van der Waals surface area contributed by atoms with Gasteiger partial charge in [-0.25, -0.2) is 4.39 Å². The van der Waals surface area contributed by atoms with Gasteiger partial charge in [-0.15, -0.1) is 0 Å². The number of aromatic nitrogens is 2. The van der Waals surface area contributed by atoms with Gasteiger partial charge in [-0.05, 0) is 46.3 Å². The van der Waals surface area contributed by atoms with Gasteiger partial charge >= 0.3 is 6.61 Å². The Labute approximate surface area is 172 Å². The predicted molar refractivity (Wildman–Crippen MR) is 108 cm³/mol. The number of ether oxygens (including phenoxy) is 1. The SMILES string of the molecule is Fc1ccccc1Cn1cc(Br)c(NC(=S)Nc2ccccc2OC(F)F)n1. The molecule has 0 bridgehead atoms. The van der Waals surface area contributed by atoms with E-state index in [9.17, 15) is 13.2 Å². The number of nitrogens with zero attached hydrogens (tertiary/aromatic N) is 2. The van der Waals surface area contributed by atoms with Crippen LogP contribution in [0.1, 0.15) is 5.56 Å². The molecular formula is C18H14BrF3N4OS. The number of thiocarbonyl (C=S) groups is 1. The van der Waals surface area contributed by atoms with Crippen LogP contribution in [0.15, 0.2) is 59.2 Å². The molecule has 1 heterocycles. The molecule has 0 unspecified atom stereocenters. The summed E-state index contributed by atoms with van der Waals surface area (Å²) in [4.78, 5) is 0. The summed E-state index contributed by atoms with van der Waals surface area (Å²) in [5.74, 6) is 0.0309. The number of alkyl halides is 2. The van der Waals surface area contributed by atoms with E-state index in [0.717, 1.165) is 0 Å². The molecule has 0 amide bonds. The molecule has 0 aliphatic rings. The first kappa shape index (κ1) is 20.2. The number of halogens is 4. The summed E-state index contributed by atoms with van der Waals surface area (Å²) >= 11 is 8.57. The highest BCUT2D eigenvalue weighted by molar-refractivity contribution is 9.10. The standard InChI is InChI=1S/C18H14BrF3N4OS/c19-12-10-26(9-11-5-1-2-6-13(11)20)25-16(12)24-18(28)23-14-7-3-4-8-15(14)27-17(21)22/h1-8,10,17H,9H2,(H2,23,24,25,28). The van der Waals surface area contributed by atoms with E-state index in [1.54, 1.807) is 47.3 Å². The Kier molecular flexibility index (Phi) is 6.53. The Hall–Kier alpha value is -2.59. The number of para-hydroxylation sites is 2. The van der Waals surface area contributed by atoms with Crippen LogP contribution in [0, 0.1) is 5.82 Å². The number of rotatable bonds is 6. The van der Waals surface area contributed by atoms with Crippen LogP contribution in [-0.4, -0.2) is 21.5 Å². The highest BCUT2D eigenvalue weighted by Crippen LogP contribution is 2.26. The summed E-state index contributed by atoms with van der Waals surface area (Å²) in [6.07, 6.45) is 1.67. The summed E-state index contributed by atoms with van der Waals surface area (Å²) in [6.45, 7) is -2.72. The van der Waals surface area contributed by atoms with E-state index in [2.05, 4.69) is 36.4 Å². The van der Waals surface area contributed by atoms with Gasteiger partial charge in [0.2, 0.25) is 0 Å². The van der Waals surface area contributed by atoms with E-state index in [1.807, 2.05) is 0 Å². The number of hydrogen-bond donors (Lipinski definition) is 2. The first-order valence-corrected chi connectivity index (χ1v) is 9.20. The van der Waals surface area contributed by atoms with Gasteiger partial charge in [-0.1, -0.05) is 30.3 Å². The maximum Gasteiger partial charge on any atom is 0.387 e. The molecule has 3 rings (SSSR count). The second-order valence-corrected chi connectivity index (χ2v) is 6.83. The van der Waals surface area contributed by atoms with Gasteiger partial charge < -0.3 is 15.4 Å². The molecule has 1 aromatic heterocycles. The number of hydrogen-bond acceptors (Lipinski definition) is 3. The van der Waals surface area contributed by atoms with Gasteiger partial charge in [0.25, 0.3) is 0 Å². The van der Waals surface area contributed by atoms with Crippen molar-refractivity contribution < 1.29 is 17.9 Å². The lowest BCUT2D eigenvalue weighted by molar-refractivity contribution is -0.0493. The van der Waals surface area contributed by atoms with E-state index in [-0.39, 0.29) is 28.9 Å². The number of nitrogens with one attached hydrogen (secondary N) is 2. The molecule has 3 aromatic rings. The van der Waals surface area contributed by atoms with E-state index in [0.29, 0.717) is 15.9 Å². The van der Waals surface area contributed by atoms with Gasteiger partial charge in [-0.3, -0.25) is 4.68 Å². The topological polar surface area (TPSA) is 51.1 Å². The van der Waals surface area contributed by atoms with E-state index in [4.69, 9.17) is 12.2 Å². The van der Waals surface area contributed by atoms with Crippen molar-refractivity contribution in [3.63, 3.8) is 0 Å². The Balaban J connectivity index is 1.68. The lowest BCUT2D eigenvalue weighted by atomic mass is 10.2. The summed E-state index contributed by atoms with van der Waals surface area (Å²) in [7, 11) is 0. The lowest BCUT2D eigenvalue weighted by Crippen LogP contribution is -2.20. The van der Waals surface area contributed by atoms with Crippen molar-refractivity contribution in [3.8, 4) is 5.75 Å². The van der Waals surface area contributed by atoms with Crippen LogP contribution in [-0.2, 0) is 6.54 Å². The van der Waals surface area contributed by atoms with E-state index in [1.165, 1.54) is 12.1 Å². The van der Waals surface area contributed by atoms with E-state index >= 15 is 0 Å². The van der Waals surface area contributed by atoms with Gasteiger partial charge in [0.05, 0.1) is 16.7 Å². The van der Waals surface area contributed by atoms with Crippen molar-refractivity contribution in [3.05, 3.63) is 70.6 Å². The third-order valence-corrected chi connectivity index (χ3v) is 4.37. The number of benzene rings is 2. The maximum absolute atomic E-state index is 13.8. The lowest BCUT2D eigenvalue weighted by Gasteiger charge is -2.13. The molecule has 0 aliphatic heterocycles. The zero-order valence-corrected chi connectivity index (χ0v) is 16.6. The zero-order valence-electron chi connectivity index (χ0n) is 14.2. The Bertz CT molecular complexity index is 983. The Morgan fingerprint density at radius 1 is 1.14 bits per heavy atom. The Morgan fingerprint density at radius 3 is 2.61 bits per heavy atom. The first-order chi connectivity index (χ1) is 13.4. The highest BCUT2D eigenvalue weighted by atomic mass is 79.9. The van der Waals surface area contributed by atoms with Crippen molar-refractivity contribution in [2.75, 3.05) is 10.6 Å². The number of anilines is 2. The molecule has 0 spiro atoms.